The van der Waals surface area contributed by atoms with Gasteiger partial charge in [0.25, 0.3) is 0 Å². The van der Waals surface area contributed by atoms with Gasteiger partial charge in [0.2, 0.25) is 0 Å². The molecule has 18 heavy (non-hydrogen) atoms. The molecule has 0 aliphatic heterocycles. The molecular formula is C12H12F3NO2. The zero-order chi connectivity index (χ0) is 13.9. The molecule has 0 unspecified atom stereocenters. The summed E-state index contributed by atoms with van der Waals surface area (Å²) in [4.78, 5) is 12.3. The molecule has 0 radical (unpaired) electrons. The van der Waals surface area contributed by atoms with Crippen LogP contribution < -0.4 is 4.90 Å². The van der Waals surface area contributed by atoms with Crippen LogP contribution in [0.2, 0.25) is 0 Å². The van der Waals surface area contributed by atoms with Crippen molar-refractivity contribution < 1.29 is 23.1 Å². The van der Waals surface area contributed by atoms with E-state index in [0.29, 0.717) is 6.54 Å². The Morgan fingerprint density at radius 3 is 2.56 bits per heavy atom. The van der Waals surface area contributed by atoms with E-state index >= 15 is 0 Å². The molecule has 0 heterocycles. The Morgan fingerprint density at radius 1 is 1.50 bits per heavy atom. The molecular weight excluding hydrogens is 247 g/mol. The SMILES string of the molecule is C=CCN(C)c1ccc(C(=O)O)c(C(F)(F)F)c1. The lowest BCUT2D eigenvalue weighted by Crippen LogP contribution is -2.19. The number of carbonyl (C=O) groups is 1. The maximum Gasteiger partial charge on any atom is 0.417 e. The highest BCUT2D eigenvalue weighted by atomic mass is 19.4. The summed E-state index contributed by atoms with van der Waals surface area (Å²) in [7, 11) is 1.59. The highest BCUT2D eigenvalue weighted by Crippen LogP contribution is 2.34. The summed E-state index contributed by atoms with van der Waals surface area (Å²) in [6.45, 7) is 3.85. The molecule has 0 saturated heterocycles. The number of anilines is 1. The first-order valence-corrected chi connectivity index (χ1v) is 5.04. The van der Waals surface area contributed by atoms with E-state index in [1.165, 1.54) is 11.0 Å². The van der Waals surface area contributed by atoms with E-state index in [9.17, 15) is 18.0 Å². The number of hydrogen-bond acceptors (Lipinski definition) is 2. The zero-order valence-electron chi connectivity index (χ0n) is 9.66. The first-order chi connectivity index (χ1) is 8.27. The van der Waals surface area contributed by atoms with E-state index in [1.807, 2.05) is 0 Å². The van der Waals surface area contributed by atoms with Gasteiger partial charge in [0.1, 0.15) is 0 Å². The Kier molecular flexibility index (Phi) is 4.00. The van der Waals surface area contributed by atoms with Gasteiger partial charge >= 0.3 is 12.1 Å². The van der Waals surface area contributed by atoms with Crippen molar-refractivity contribution in [3.63, 3.8) is 0 Å². The van der Waals surface area contributed by atoms with Gasteiger partial charge in [0.05, 0.1) is 11.1 Å². The fraction of sp³-hybridized carbons (Fsp3) is 0.250. The molecule has 6 heteroatoms. The molecule has 0 spiro atoms. The normalized spacial score (nSPS) is 11.1. The predicted octanol–water partition coefficient (Wildman–Crippen LogP) is 3.03. The van der Waals surface area contributed by atoms with E-state index in [1.54, 1.807) is 13.1 Å². The second-order valence-electron chi connectivity index (χ2n) is 3.70. The van der Waals surface area contributed by atoms with Crippen LogP contribution in [-0.2, 0) is 6.18 Å². The van der Waals surface area contributed by atoms with Crippen LogP contribution >= 0.6 is 0 Å². The standard InChI is InChI=1S/C12H12F3NO2/c1-3-6-16(2)8-4-5-9(11(17)18)10(7-8)12(13,14)15/h3-5,7H,1,6H2,2H3,(H,17,18). The Balaban J connectivity index is 3.30. The summed E-state index contributed by atoms with van der Waals surface area (Å²) in [6.07, 6.45) is -3.16. The van der Waals surface area contributed by atoms with Crippen LogP contribution in [0.25, 0.3) is 0 Å². The van der Waals surface area contributed by atoms with Gasteiger partial charge in [-0.25, -0.2) is 4.79 Å². The first-order valence-electron chi connectivity index (χ1n) is 5.04. The van der Waals surface area contributed by atoms with Gasteiger partial charge in [-0.2, -0.15) is 13.2 Å². The average molecular weight is 259 g/mol. The Labute approximate surface area is 102 Å². The lowest BCUT2D eigenvalue weighted by atomic mass is 10.1. The zero-order valence-corrected chi connectivity index (χ0v) is 9.66. The third-order valence-corrected chi connectivity index (χ3v) is 2.38. The van der Waals surface area contributed by atoms with Gasteiger partial charge < -0.3 is 10.0 Å². The largest absolute Gasteiger partial charge is 0.478 e. The Morgan fingerprint density at radius 2 is 2.11 bits per heavy atom. The van der Waals surface area contributed by atoms with Crippen molar-refractivity contribution in [2.75, 3.05) is 18.5 Å². The monoisotopic (exact) mass is 259 g/mol. The maximum absolute atomic E-state index is 12.7. The number of rotatable bonds is 4. The van der Waals surface area contributed by atoms with Gasteiger partial charge in [-0.1, -0.05) is 6.08 Å². The summed E-state index contributed by atoms with van der Waals surface area (Å²) in [5.41, 5.74) is -1.62. The summed E-state index contributed by atoms with van der Waals surface area (Å²) < 4.78 is 38.2. The fourth-order valence-corrected chi connectivity index (χ4v) is 1.49. The third-order valence-electron chi connectivity index (χ3n) is 2.38. The molecule has 0 aliphatic carbocycles. The second-order valence-corrected chi connectivity index (χ2v) is 3.70. The minimum Gasteiger partial charge on any atom is -0.478 e. The first kappa shape index (κ1) is 14.1. The quantitative estimate of drug-likeness (QED) is 0.845. The topological polar surface area (TPSA) is 40.5 Å². The fourth-order valence-electron chi connectivity index (χ4n) is 1.49. The molecule has 0 aromatic heterocycles. The number of carboxylic acids is 1. The Hall–Kier alpha value is -1.98. The summed E-state index contributed by atoms with van der Waals surface area (Å²) >= 11 is 0. The summed E-state index contributed by atoms with van der Waals surface area (Å²) in [5.74, 6) is -1.60. The van der Waals surface area contributed by atoms with Crippen molar-refractivity contribution in [1.29, 1.82) is 0 Å². The second kappa shape index (κ2) is 5.12. The number of carboxylic acid groups (broad SMARTS) is 1. The van der Waals surface area contributed by atoms with E-state index in [-0.39, 0.29) is 5.69 Å². The minimum atomic E-state index is -4.70. The lowest BCUT2D eigenvalue weighted by molar-refractivity contribution is -0.138. The molecule has 0 saturated carbocycles. The molecule has 1 aromatic carbocycles. The predicted molar refractivity (Wildman–Crippen MR) is 61.9 cm³/mol. The number of halogens is 3. The van der Waals surface area contributed by atoms with Crippen molar-refractivity contribution >= 4 is 11.7 Å². The highest BCUT2D eigenvalue weighted by Gasteiger charge is 2.35. The molecule has 3 nitrogen and oxygen atoms in total. The van der Waals surface area contributed by atoms with E-state index < -0.39 is 23.3 Å². The molecule has 0 atom stereocenters. The highest BCUT2D eigenvalue weighted by molar-refractivity contribution is 5.90. The van der Waals surface area contributed by atoms with Crippen LogP contribution in [0.3, 0.4) is 0 Å². The van der Waals surface area contributed by atoms with Gasteiger partial charge in [-0.3, -0.25) is 0 Å². The van der Waals surface area contributed by atoms with Gasteiger partial charge in [-0.05, 0) is 18.2 Å². The van der Waals surface area contributed by atoms with E-state index in [0.717, 1.165) is 12.1 Å². The average Bonchev–Trinajstić information content (AvgIpc) is 2.27. The number of alkyl halides is 3. The Bertz CT molecular complexity index is 469. The molecule has 0 aliphatic rings. The molecule has 98 valence electrons. The molecule has 1 rings (SSSR count). The van der Waals surface area contributed by atoms with Crippen molar-refractivity contribution in [1.82, 2.24) is 0 Å². The molecule has 1 N–H and O–H groups in total. The third kappa shape index (κ3) is 3.03. The van der Waals surface area contributed by atoms with Crippen LogP contribution in [0.15, 0.2) is 30.9 Å². The van der Waals surface area contributed by atoms with Gasteiger partial charge in [0.15, 0.2) is 0 Å². The number of likely N-dealkylation sites (N-methyl/N-ethyl adjacent to an activating group) is 1. The number of nitrogens with zero attached hydrogens (tertiary/aromatic N) is 1. The van der Waals surface area contributed by atoms with Crippen molar-refractivity contribution in [2.45, 2.75) is 6.18 Å². The van der Waals surface area contributed by atoms with Crippen LogP contribution in [0.5, 0.6) is 0 Å². The molecule has 0 bridgehead atoms. The smallest absolute Gasteiger partial charge is 0.417 e. The molecule has 0 amide bonds. The van der Waals surface area contributed by atoms with E-state index in [2.05, 4.69) is 6.58 Å². The van der Waals surface area contributed by atoms with E-state index in [4.69, 9.17) is 5.11 Å². The minimum absolute atomic E-state index is 0.284. The van der Waals surface area contributed by atoms with Crippen LogP contribution in [0, 0.1) is 0 Å². The summed E-state index contributed by atoms with van der Waals surface area (Å²) in [6, 6.07) is 3.12. The van der Waals surface area contributed by atoms with Crippen LogP contribution in [0.1, 0.15) is 15.9 Å². The number of benzene rings is 1. The number of hydrogen-bond donors (Lipinski definition) is 1. The maximum atomic E-state index is 12.7. The molecule has 0 fully saturated rings. The summed E-state index contributed by atoms with van der Waals surface area (Å²) in [5, 5.41) is 8.73. The number of aromatic carboxylic acids is 1. The van der Waals surface area contributed by atoms with Crippen molar-refractivity contribution in [2.24, 2.45) is 0 Å². The van der Waals surface area contributed by atoms with Crippen LogP contribution in [0.4, 0.5) is 18.9 Å². The van der Waals surface area contributed by atoms with Crippen LogP contribution in [-0.4, -0.2) is 24.7 Å². The molecule has 1 aromatic rings. The van der Waals surface area contributed by atoms with Crippen molar-refractivity contribution in [3.8, 4) is 0 Å². The van der Waals surface area contributed by atoms with Gasteiger partial charge in [0, 0.05) is 19.3 Å². The van der Waals surface area contributed by atoms with Crippen molar-refractivity contribution in [3.05, 3.63) is 42.0 Å². The van der Waals surface area contributed by atoms with Gasteiger partial charge in [-0.15, -0.1) is 6.58 Å². The lowest BCUT2D eigenvalue weighted by Gasteiger charge is -2.19.